The van der Waals surface area contributed by atoms with E-state index in [1.807, 2.05) is 25.1 Å². The summed E-state index contributed by atoms with van der Waals surface area (Å²) in [4.78, 5) is 20.0. The van der Waals surface area contributed by atoms with Crippen LogP contribution in [0, 0.1) is 15.3 Å². The minimum Gasteiger partial charge on any atom is -0.356 e. The van der Waals surface area contributed by atoms with E-state index in [2.05, 4.69) is 17.4 Å². The second kappa shape index (κ2) is 11.5. The molecule has 1 rings (SSSR count). The van der Waals surface area contributed by atoms with Crippen LogP contribution in [-0.4, -0.2) is 29.6 Å². The Balaban J connectivity index is 0.000000980. The Labute approximate surface area is 129 Å². The predicted molar refractivity (Wildman–Crippen MR) is 84.4 cm³/mol. The Bertz CT molecular complexity index is 438. The number of carbonyl (C=O) groups excluding carboxylic acids is 1. The number of benzene rings is 1. The Kier molecular flexibility index (Phi) is 10.3. The maximum absolute atomic E-state index is 11.8. The summed E-state index contributed by atoms with van der Waals surface area (Å²) >= 11 is 0. The van der Waals surface area contributed by atoms with E-state index >= 15 is 0 Å². The Morgan fingerprint density at radius 3 is 2.36 bits per heavy atom. The number of amides is 1. The molecule has 0 aliphatic carbocycles. The van der Waals surface area contributed by atoms with Crippen LogP contribution in [0.3, 0.4) is 0 Å². The second-order valence-electron chi connectivity index (χ2n) is 4.86. The van der Waals surface area contributed by atoms with Gasteiger partial charge in [-0.15, -0.1) is 0 Å². The largest absolute Gasteiger partial charge is 0.356 e. The van der Waals surface area contributed by atoms with Crippen LogP contribution in [0.1, 0.15) is 25.3 Å². The zero-order valence-electron chi connectivity index (χ0n) is 12.6. The van der Waals surface area contributed by atoms with Crippen molar-refractivity contribution in [3.8, 4) is 0 Å². The smallest absolute Gasteiger partial charge is 0.237 e. The number of carbonyl (C=O) groups is 1. The Morgan fingerprint density at radius 1 is 1.32 bits per heavy atom. The van der Waals surface area contributed by atoms with Gasteiger partial charge in [-0.2, -0.15) is 0 Å². The van der Waals surface area contributed by atoms with E-state index in [9.17, 15) is 4.79 Å². The minimum atomic E-state index is -1.75. The van der Waals surface area contributed by atoms with Crippen molar-refractivity contribution in [1.29, 1.82) is 0 Å². The molecule has 2 unspecified atom stereocenters. The molecule has 8 heteroatoms. The molecule has 0 spiro atoms. The number of nitrogens with two attached hydrogens (primary N) is 2. The van der Waals surface area contributed by atoms with Gasteiger partial charge in [0.05, 0.1) is 11.1 Å². The van der Waals surface area contributed by atoms with Crippen molar-refractivity contribution < 1.29 is 9.88 Å². The molecule has 0 saturated carbocycles. The van der Waals surface area contributed by atoms with Gasteiger partial charge >= 0.3 is 0 Å². The summed E-state index contributed by atoms with van der Waals surface area (Å²) < 4.78 is 0. The lowest BCUT2D eigenvalue weighted by Gasteiger charge is -2.17. The molecule has 0 heterocycles. The maximum Gasteiger partial charge on any atom is 0.237 e. The van der Waals surface area contributed by atoms with Crippen LogP contribution in [0.25, 0.3) is 0 Å². The number of nitrogens with zero attached hydrogens (tertiary/aromatic N) is 1. The van der Waals surface area contributed by atoms with Crippen molar-refractivity contribution >= 4 is 5.91 Å². The fourth-order valence-electron chi connectivity index (χ4n) is 1.84. The van der Waals surface area contributed by atoms with E-state index < -0.39 is 11.1 Å². The number of hydrogen-bond donors (Lipinski definition) is 3. The van der Waals surface area contributed by atoms with Gasteiger partial charge < -0.3 is 32.1 Å². The molecule has 2 atom stereocenters. The lowest BCUT2D eigenvalue weighted by molar-refractivity contribution is -0.402. The molecule has 0 aromatic heterocycles. The van der Waals surface area contributed by atoms with Gasteiger partial charge in [-0.3, -0.25) is 4.79 Å². The second-order valence-corrected chi connectivity index (χ2v) is 4.86. The first-order valence-corrected chi connectivity index (χ1v) is 6.98. The molecular formula is C14H23N4O4-. The summed E-state index contributed by atoms with van der Waals surface area (Å²) in [7, 11) is 0. The normalized spacial score (nSPS) is 12.5. The van der Waals surface area contributed by atoms with Crippen LogP contribution in [-0.2, 0) is 11.2 Å². The van der Waals surface area contributed by atoms with E-state index in [0.717, 1.165) is 12.8 Å². The van der Waals surface area contributed by atoms with Crippen LogP contribution < -0.4 is 16.8 Å². The van der Waals surface area contributed by atoms with Crippen LogP contribution in [0.5, 0.6) is 0 Å². The van der Waals surface area contributed by atoms with Crippen LogP contribution >= 0.6 is 0 Å². The fourth-order valence-corrected chi connectivity index (χ4v) is 1.84. The third kappa shape index (κ3) is 10.6. The molecule has 5 N–H and O–H groups in total. The highest BCUT2D eigenvalue weighted by atomic mass is 16.9. The molecule has 1 amide bonds. The molecule has 22 heavy (non-hydrogen) atoms. The average Bonchev–Trinajstić information content (AvgIpc) is 2.45. The van der Waals surface area contributed by atoms with Crippen LogP contribution in [0.15, 0.2) is 30.3 Å². The van der Waals surface area contributed by atoms with Gasteiger partial charge in [0.25, 0.3) is 0 Å². The van der Waals surface area contributed by atoms with E-state index in [1.54, 1.807) is 0 Å². The van der Waals surface area contributed by atoms with E-state index in [0.29, 0.717) is 13.0 Å². The van der Waals surface area contributed by atoms with Gasteiger partial charge in [0, 0.05) is 6.04 Å². The van der Waals surface area contributed by atoms with Crippen molar-refractivity contribution in [3.63, 3.8) is 0 Å². The van der Waals surface area contributed by atoms with Crippen molar-refractivity contribution in [1.82, 2.24) is 5.32 Å². The number of rotatable bonds is 7. The zero-order chi connectivity index (χ0) is 17.0. The third-order valence-electron chi connectivity index (χ3n) is 2.83. The van der Waals surface area contributed by atoms with Crippen molar-refractivity contribution in [2.24, 2.45) is 11.5 Å². The predicted octanol–water partition coefficient (Wildman–Crippen LogP) is 0.561. The lowest BCUT2D eigenvalue weighted by Crippen LogP contribution is -2.45. The van der Waals surface area contributed by atoms with Gasteiger partial charge in [-0.05, 0) is 38.3 Å². The summed E-state index contributed by atoms with van der Waals surface area (Å²) in [5, 5.41) is 17.7. The number of nitrogens with one attached hydrogen (secondary N) is 1. The Hall–Kier alpha value is -2.19. The van der Waals surface area contributed by atoms with Gasteiger partial charge in [0.1, 0.15) is 0 Å². The molecule has 1 aromatic carbocycles. The highest BCUT2D eigenvalue weighted by molar-refractivity contribution is 5.81. The third-order valence-corrected chi connectivity index (χ3v) is 2.83. The van der Waals surface area contributed by atoms with Crippen LogP contribution in [0.4, 0.5) is 0 Å². The van der Waals surface area contributed by atoms with Crippen molar-refractivity contribution in [2.75, 3.05) is 6.54 Å². The topological polar surface area (TPSA) is 147 Å². The molecule has 0 bridgehead atoms. The molecule has 0 aliphatic heterocycles. The van der Waals surface area contributed by atoms with Gasteiger partial charge in [-0.25, -0.2) is 0 Å². The lowest BCUT2D eigenvalue weighted by atomic mass is 10.1. The molecular weight excluding hydrogens is 288 g/mol. The van der Waals surface area contributed by atoms with Crippen molar-refractivity contribution in [2.45, 2.75) is 38.3 Å². The quantitative estimate of drug-likeness (QED) is 0.495. The first-order chi connectivity index (χ1) is 10.4. The summed E-state index contributed by atoms with van der Waals surface area (Å²) in [5.41, 5.74) is 12.4. The highest BCUT2D eigenvalue weighted by Gasteiger charge is 2.15. The van der Waals surface area contributed by atoms with Crippen molar-refractivity contribution in [3.05, 3.63) is 51.2 Å². The standard InChI is InChI=1S/C14H23N3O.NO3/c1-11(10-12-6-3-2-4-7-12)17-14(18)13(16)8-5-9-15;2-1(3)4/h2-4,6-7,11,13H,5,8-10,15-16H2,1H3,(H,17,18);/q;-1. The van der Waals surface area contributed by atoms with Gasteiger partial charge in [0.2, 0.25) is 5.91 Å². The first-order valence-electron chi connectivity index (χ1n) is 6.98. The zero-order valence-corrected chi connectivity index (χ0v) is 12.6. The summed E-state index contributed by atoms with van der Waals surface area (Å²) in [6.45, 7) is 2.56. The Morgan fingerprint density at radius 2 is 1.86 bits per heavy atom. The SMILES string of the molecule is CC(Cc1ccccc1)NC(=O)C(N)CCCN.O=[N+]([O-])[O-]. The fraction of sp³-hybridized carbons (Fsp3) is 0.500. The first kappa shape index (κ1) is 19.8. The molecule has 0 aliphatic rings. The molecule has 0 radical (unpaired) electrons. The molecule has 1 aromatic rings. The van der Waals surface area contributed by atoms with E-state index in [-0.39, 0.29) is 11.9 Å². The summed E-state index contributed by atoms with van der Waals surface area (Å²) in [6.07, 6.45) is 2.23. The van der Waals surface area contributed by atoms with Gasteiger partial charge in [-0.1, -0.05) is 30.3 Å². The van der Waals surface area contributed by atoms with E-state index in [4.69, 9.17) is 26.8 Å². The monoisotopic (exact) mass is 311 g/mol. The molecule has 0 saturated heterocycles. The summed E-state index contributed by atoms with van der Waals surface area (Å²) in [5.74, 6) is -0.0909. The molecule has 8 nitrogen and oxygen atoms in total. The van der Waals surface area contributed by atoms with Gasteiger partial charge in [0.15, 0.2) is 0 Å². The molecule has 0 fully saturated rings. The summed E-state index contributed by atoms with van der Waals surface area (Å²) in [6, 6.07) is 9.72. The van der Waals surface area contributed by atoms with Crippen LogP contribution in [0.2, 0.25) is 0 Å². The number of hydrogen-bond acceptors (Lipinski definition) is 6. The molecule has 124 valence electrons. The average molecular weight is 311 g/mol. The maximum atomic E-state index is 11.8. The minimum absolute atomic E-state index is 0.0869. The van der Waals surface area contributed by atoms with E-state index in [1.165, 1.54) is 5.56 Å². The highest BCUT2D eigenvalue weighted by Crippen LogP contribution is 2.03.